The minimum absolute atomic E-state index is 0.301. The maximum atomic E-state index is 6.70. The summed E-state index contributed by atoms with van der Waals surface area (Å²) in [6.45, 7) is 16.5. The highest BCUT2D eigenvalue weighted by atomic mass is 28.4. The van der Waals surface area contributed by atoms with Gasteiger partial charge >= 0.3 is 0 Å². The molecule has 1 unspecified atom stereocenters. The van der Waals surface area contributed by atoms with Crippen LogP contribution in [0.25, 0.3) is 0 Å². The van der Waals surface area contributed by atoms with E-state index in [0.29, 0.717) is 5.41 Å². The first kappa shape index (κ1) is 19.7. The summed E-state index contributed by atoms with van der Waals surface area (Å²) in [5.41, 5.74) is 3.18. The zero-order valence-electron chi connectivity index (χ0n) is 15.8. The van der Waals surface area contributed by atoms with E-state index in [1.165, 1.54) is 55.8 Å². The van der Waals surface area contributed by atoms with Crippen molar-refractivity contribution < 1.29 is 4.43 Å². The lowest BCUT2D eigenvalue weighted by atomic mass is 9.74. The Kier molecular flexibility index (Phi) is 8.13. The molecule has 0 saturated carbocycles. The van der Waals surface area contributed by atoms with Gasteiger partial charge in [0.25, 0.3) is 0 Å². The van der Waals surface area contributed by atoms with Crippen LogP contribution in [-0.2, 0) is 4.43 Å². The minimum atomic E-state index is -1.48. The quantitative estimate of drug-likeness (QED) is 0.315. The number of rotatable bonds is 10. The van der Waals surface area contributed by atoms with Crippen LogP contribution in [0.2, 0.25) is 18.1 Å². The Morgan fingerprint density at radius 3 is 2.41 bits per heavy atom. The minimum Gasteiger partial charge on any atom is -0.416 e. The van der Waals surface area contributed by atoms with E-state index in [1.807, 2.05) is 0 Å². The maximum Gasteiger partial charge on any atom is 0.192 e. The Balaban J connectivity index is 2.78. The lowest BCUT2D eigenvalue weighted by Crippen LogP contribution is -2.40. The average Bonchev–Trinajstić information content (AvgIpc) is 2.49. The molecular weight excluding hydrogens is 284 g/mol. The normalized spacial score (nSPS) is 22.5. The van der Waals surface area contributed by atoms with Gasteiger partial charge in [-0.05, 0) is 70.5 Å². The predicted molar refractivity (Wildman–Crippen MR) is 102 cm³/mol. The van der Waals surface area contributed by atoms with Gasteiger partial charge in [0.2, 0.25) is 0 Å². The van der Waals surface area contributed by atoms with Gasteiger partial charge in [0, 0.05) is 12.0 Å². The van der Waals surface area contributed by atoms with Crippen molar-refractivity contribution in [1.82, 2.24) is 0 Å². The fraction of sp³-hybridized carbons (Fsp3) is 0.800. The van der Waals surface area contributed by atoms with Gasteiger partial charge in [-0.25, -0.2) is 0 Å². The van der Waals surface area contributed by atoms with E-state index in [1.54, 1.807) is 5.57 Å². The third-order valence-corrected chi connectivity index (χ3v) is 10.3. The Labute approximate surface area is 140 Å². The van der Waals surface area contributed by atoms with E-state index in [9.17, 15) is 0 Å². The van der Waals surface area contributed by atoms with Crippen molar-refractivity contribution >= 4 is 8.32 Å². The second-order valence-corrected chi connectivity index (χ2v) is 12.3. The molecular formula is C20H38OSi. The van der Waals surface area contributed by atoms with E-state index >= 15 is 0 Å². The van der Waals surface area contributed by atoms with Crippen molar-refractivity contribution in [2.45, 2.75) is 91.3 Å². The lowest BCUT2D eigenvalue weighted by Gasteiger charge is -2.39. The van der Waals surface area contributed by atoms with Gasteiger partial charge in [-0.3, -0.25) is 0 Å². The summed E-state index contributed by atoms with van der Waals surface area (Å²) < 4.78 is 6.70. The van der Waals surface area contributed by atoms with Gasteiger partial charge in [0.05, 0.1) is 0 Å². The highest BCUT2D eigenvalue weighted by Crippen LogP contribution is 2.40. The van der Waals surface area contributed by atoms with E-state index in [-0.39, 0.29) is 0 Å². The molecule has 0 fully saturated rings. The monoisotopic (exact) mass is 322 g/mol. The molecule has 0 bridgehead atoms. The number of hydrogen-bond acceptors (Lipinski definition) is 1. The zero-order valence-corrected chi connectivity index (χ0v) is 16.8. The summed E-state index contributed by atoms with van der Waals surface area (Å²) in [6.07, 6.45) is 10.2. The maximum absolute atomic E-state index is 6.70. The molecule has 2 heteroatoms. The molecule has 0 aromatic rings. The molecule has 1 nitrogen and oxygen atoms in total. The van der Waals surface area contributed by atoms with Gasteiger partial charge < -0.3 is 4.43 Å². The molecule has 1 aliphatic carbocycles. The van der Waals surface area contributed by atoms with Crippen LogP contribution in [0.4, 0.5) is 0 Å². The largest absolute Gasteiger partial charge is 0.416 e. The zero-order chi connectivity index (χ0) is 16.6. The van der Waals surface area contributed by atoms with Crippen molar-refractivity contribution in [3.63, 3.8) is 0 Å². The van der Waals surface area contributed by atoms with Crippen molar-refractivity contribution in [3.05, 3.63) is 23.8 Å². The molecule has 1 aliphatic rings. The van der Waals surface area contributed by atoms with E-state index in [4.69, 9.17) is 4.43 Å². The number of allylic oxidation sites excluding steroid dienone is 2. The Bertz CT molecular complexity index is 373. The van der Waals surface area contributed by atoms with Crippen molar-refractivity contribution in [2.24, 2.45) is 5.41 Å². The van der Waals surface area contributed by atoms with Crippen LogP contribution in [0, 0.1) is 5.41 Å². The van der Waals surface area contributed by atoms with Crippen LogP contribution < -0.4 is 0 Å². The van der Waals surface area contributed by atoms with Crippen molar-refractivity contribution in [3.8, 4) is 0 Å². The molecule has 0 heterocycles. The van der Waals surface area contributed by atoms with Crippen molar-refractivity contribution in [1.29, 1.82) is 0 Å². The first-order valence-electron chi connectivity index (χ1n) is 9.37. The van der Waals surface area contributed by atoms with Gasteiger partial charge in [0.1, 0.15) is 0 Å². The van der Waals surface area contributed by atoms with Crippen LogP contribution in [0.1, 0.15) is 73.1 Å². The van der Waals surface area contributed by atoms with Crippen LogP contribution >= 0.6 is 0 Å². The molecule has 1 rings (SSSR count). The highest BCUT2D eigenvalue weighted by Gasteiger charge is 2.35. The topological polar surface area (TPSA) is 9.23 Å². The summed E-state index contributed by atoms with van der Waals surface area (Å²) >= 11 is 0. The van der Waals surface area contributed by atoms with Crippen LogP contribution in [0.5, 0.6) is 0 Å². The molecule has 0 aliphatic heterocycles. The standard InChI is InChI=1S/C20H38OSi/c1-7-22(8-2,9-3)21-17-20(14-10-12-18(4)5)15-11-13-19(6)16-20/h16H,4,7-15,17H2,1-3,5-6H3. The first-order valence-corrected chi connectivity index (χ1v) is 11.9. The molecule has 22 heavy (non-hydrogen) atoms. The van der Waals surface area contributed by atoms with Crippen LogP contribution in [0.15, 0.2) is 23.8 Å². The molecule has 128 valence electrons. The highest BCUT2D eigenvalue weighted by molar-refractivity contribution is 6.73. The SMILES string of the molecule is C=C(C)CCCC1(CO[Si](CC)(CC)CC)C=C(C)CCC1. The average molecular weight is 323 g/mol. The summed E-state index contributed by atoms with van der Waals surface area (Å²) in [5.74, 6) is 0. The molecule has 0 aromatic carbocycles. The molecule has 0 spiro atoms. The van der Waals surface area contributed by atoms with Gasteiger partial charge in [-0.1, -0.05) is 38.0 Å². The van der Waals surface area contributed by atoms with E-state index < -0.39 is 8.32 Å². The molecule has 0 amide bonds. The van der Waals surface area contributed by atoms with Crippen LogP contribution in [0.3, 0.4) is 0 Å². The van der Waals surface area contributed by atoms with Gasteiger partial charge in [-0.15, -0.1) is 6.58 Å². The smallest absolute Gasteiger partial charge is 0.192 e. The summed E-state index contributed by atoms with van der Waals surface area (Å²) in [7, 11) is -1.48. The van der Waals surface area contributed by atoms with Crippen LogP contribution in [-0.4, -0.2) is 14.9 Å². The fourth-order valence-electron chi connectivity index (χ4n) is 3.86. The third kappa shape index (κ3) is 5.70. The third-order valence-electron chi connectivity index (χ3n) is 5.68. The van der Waals surface area contributed by atoms with Crippen molar-refractivity contribution in [2.75, 3.05) is 6.61 Å². The molecule has 0 radical (unpaired) electrons. The predicted octanol–water partition coefficient (Wildman–Crippen LogP) is 6.87. The summed E-state index contributed by atoms with van der Waals surface area (Å²) in [5, 5.41) is 0. The lowest BCUT2D eigenvalue weighted by molar-refractivity contribution is 0.147. The Hall–Kier alpha value is -0.343. The first-order chi connectivity index (χ1) is 10.4. The second kappa shape index (κ2) is 9.07. The van der Waals surface area contributed by atoms with Gasteiger partial charge in [0.15, 0.2) is 8.32 Å². The second-order valence-electron chi connectivity index (χ2n) is 7.55. The molecule has 0 N–H and O–H groups in total. The van der Waals surface area contributed by atoms with Gasteiger partial charge in [-0.2, -0.15) is 0 Å². The summed E-state index contributed by atoms with van der Waals surface area (Å²) in [6, 6.07) is 3.76. The number of hydrogen-bond donors (Lipinski definition) is 0. The summed E-state index contributed by atoms with van der Waals surface area (Å²) in [4.78, 5) is 0. The Morgan fingerprint density at radius 1 is 1.27 bits per heavy atom. The fourth-order valence-corrected chi connectivity index (χ4v) is 6.57. The molecule has 0 saturated heterocycles. The molecule has 1 atom stereocenters. The van der Waals surface area contributed by atoms with E-state index in [2.05, 4.69) is 47.3 Å². The Morgan fingerprint density at radius 2 is 1.91 bits per heavy atom. The molecule has 0 aromatic heterocycles. The van der Waals surface area contributed by atoms with E-state index in [0.717, 1.165) is 13.0 Å².